The Bertz CT molecular complexity index is 573. The molecule has 0 saturated heterocycles. The monoisotopic (exact) mass is 386 g/mol. The van der Waals surface area contributed by atoms with E-state index in [4.69, 9.17) is 0 Å². The normalized spacial score (nSPS) is 11.9. The molecule has 19 heavy (non-hydrogen) atoms. The molecule has 0 radical (unpaired) electrons. The van der Waals surface area contributed by atoms with Crippen molar-refractivity contribution in [3.8, 4) is 0 Å². The van der Waals surface area contributed by atoms with E-state index in [0.29, 0.717) is 0 Å². The maximum absolute atomic E-state index is 4.45. The Morgan fingerprint density at radius 2 is 1.74 bits per heavy atom. The zero-order chi connectivity index (χ0) is 14.2. The van der Waals surface area contributed by atoms with E-state index in [1.54, 1.807) is 0 Å². The van der Waals surface area contributed by atoms with Gasteiger partial charge in [-0.05, 0) is 75.6 Å². The average molecular weight is 386 g/mol. The number of rotatable bonds is 2. The van der Waals surface area contributed by atoms with Crippen molar-refractivity contribution in [3.63, 3.8) is 0 Å². The fourth-order valence-corrected chi connectivity index (χ4v) is 3.17. The van der Waals surface area contributed by atoms with Gasteiger partial charge < -0.3 is 0 Å². The van der Waals surface area contributed by atoms with Gasteiger partial charge in [0.2, 0.25) is 0 Å². The van der Waals surface area contributed by atoms with Crippen molar-refractivity contribution in [1.29, 1.82) is 0 Å². The molecule has 0 spiro atoms. The van der Waals surface area contributed by atoms with Crippen LogP contribution in [-0.4, -0.2) is 9.36 Å². The summed E-state index contributed by atoms with van der Waals surface area (Å²) in [6.07, 6.45) is 0.835. The van der Waals surface area contributed by atoms with E-state index in [2.05, 4.69) is 78.7 Å². The fourth-order valence-electron chi connectivity index (χ4n) is 2.17. The maximum atomic E-state index is 4.45. The molecule has 0 amide bonds. The van der Waals surface area contributed by atoms with Crippen molar-refractivity contribution < 1.29 is 0 Å². The highest BCUT2D eigenvalue weighted by molar-refractivity contribution is 14.1. The van der Waals surface area contributed by atoms with Gasteiger partial charge in [0.25, 0.3) is 0 Å². The molecule has 2 rings (SSSR count). The van der Waals surface area contributed by atoms with Crippen LogP contribution in [0.15, 0.2) is 12.1 Å². The lowest BCUT2D eigenvalue weighted by atomic mass is 9.83. The fraction of sp³-hybridized carbons (Fsp3) is 0.467. The summed E-state index contributed by atoms with van der Waals surface area (Å²) in [5, 5.41) is 0. The largest absolute Gasteiger partial charge is 0.213 e. The highest BCUT2D eigenvalue weighted by atomic mass is 127. The van der Waals surface area contributed by atoms with Crippen molar-refractivity contribution in [2.24, 2.45) is 0 Å². The predicted octanol–water partition coefficient (Wildman–Crippen LogP) is 4.65. The van der Waals surface area contributed by atoms with Gasteiger partial charge in [-0.25, -0.2) is 4.98 Å². The number of nitrogens with zero attached hydrogens (tertiary/aromatic N) is 2. The van der Waals surface area contributed by atoms with E-state index in [0.717, 1.165) is 15.3 Å². The number of aromatic nitrogens is 2. The van der Waals surface area contributed by atoms with Crippen LogP contribution in [0, 0.1) is 16.9 Å². The summed E-state index contributed by atoms with van der Waals surface area (Å²) in [6, 6.07) is 4.61. The molecule has 0 N–H and O–H groups in total. The molecule has 0 fully saturated rings. The number of benzene rings is 1. The van der Waals surface area contributed by atoms with Gasteiger partial charge in [0.15, 0.2) is 3.01 Å². The summed E-state index contributed by atoms with van der Waals surface area (Å²) in [4.78, 5) is 4.45. The van der Waals surface area contributed by atoms with Crippen LogP contribution in [0.1, 0.15) is 48.8 Å². The first-order valence-corrected chi connectivity index (χ1v) is 8.21. The van der Waals surface area contributed by atoms with Crippen molar-refractivity contribution in [2.75, 3.05) is 0 Å². The topological polar surface area (TPSA) is 25.8 Å². The molecular weight excluding hydrogens is 367 g/mol. The predicted molar refractivity (Wildman–Crippen MR) is 90.0 cm³/mol. The van der Waals surface area contributed by atoms with Gasteiger partial charge in [-0.15, -0.1) is 0 Å². The van der Waals surface area contributed by atoms with Crippen LogP contribution in [0.4, 0.5) is 0 Å². The third-order valence-corrected chi connectivity index (χ3v) is 4.72. The SMILES string of the molecule is Cc1cc(C(C)(C)C)cc(C)c1Cc1nsc(I)n1. The van der Waals surface area contributed by atoms with Crippen molar-refractivity contribution in [1.82, 2.24) is 9.36 Å². The van der Waals surface area contributed by atoms with Crippen LogP contribution in [0.2, 0.25) is 0 Å². The minimum atomic E-state index is 0.197. The smallest absolute Gasteiger partial charge is 0.173 e. The minimum Gasteiger partial charge on any atom is -0.213 e. The Kier molecular flexibility index (Phi) is 4.30. The Morgan fingerprint density at radius 3 is 2.16 bits per heavy atom. The van der Waals surface area contributed by atoms with Gasteiger partial charge in [-0.1, -0.05) is 32.9 Å². The van der Waals surface area contributed by atoms with Crippen LogP contribution < -0.4 is 0 Å². The van der Waals surface area contributed by atoms with Crippen LogP contribution in [0.5, 0.6) is 0 Å². The van der Waals surface area contributed by atoms with Gasteiger partial charge >= 0.3 is 0 Å². The lowest BCUT2D eigenvalue weighted by molar-refractivity contribution is 0.588. The minimum absolute atomic E-state index is 0.197. The Balaban J connectivity index is 2.37. The third-order valence-electron chi connectivity index (χ3n) is 3.34. The molecule has 0 aliphatic rings. The highest BCUT2D eigenvalue weighted by Gasteiger charge is 2.17. The van der Waals surface area contributed by atoms with E-state index < -0.39 is 0 Å². The summed E-state index contributed by atoms with van der Waals surface area (Å²) in [7, 11) is 0. The Morgan fingerprint density at radius 1 is 1.16 bits per heavy atom. The molecule has 1 aromatic carbocycles. The zero-order valence-corrected chi connectivity index (χ0v) is 15.0. The summed E-state index contributed by atoms with van der Waals surface area (Å²) in [6.45, 7) is 11.1. The number of halogens is 1. The van der Waals surface area contributed by atoms with Crippen molar-refractivity contribution in [3.05, 3.63) is 43.2 Å². The molecule has 1 aromatic heterocycles. The van der Waals surface area contributed by atoms with E-state index in [1.807, 2.05) is 0 Å². The average Bonchev–Trinajstić information content (AvgIpc) is 2.68. The van der Waals surface area contributed by atoms with E-state index in [1.165, 1.54) is 33.8 Å². The Labute approximate surface area is 133 Å². The lowest BCUT2D eigenvalue weighted by Crippen LogP contribution is -2.12. The van der Waals surface area contributed by atoms with Crippen LogP contribution in [-0.2, 0) is 11.8 Å². The molecule has 0 unspecified atom stereocenters. The second kappa shape index (κ2) is 5.48. The van der Waals surface area contributed by atoms with E-state index in [-0.39, 0.29) is 5.41 Å². The van der Waals surface area contributed by atoms with Crippen LogP contribution in [0.3, 0.4) is 0 Å². The second-order valence-electron chi connectivity index (χ2n) is 5.98. The van der Waals surface area contributed by atoms with Gasteiger partial charge in [0.05, 0.1) is 0 Å². The molecule has 2 aromatic rings. The van der Waals surface area contributed by atoms with E-state index in [9.17, 15) is 0 Å². The molecular formula is C15H19IN2S. The molecule has 0 atom stereocenters. The molecule has 102 valence electrons. The van der Waals surface area contributed by atoms with Crippen LogP contribution >= 0.6 is 34.1 Å². The quantitative estimate of drug-likeness (QED) is 0.703. The highest BCUT2D eigenvalue weighted by Crippen LogP contribution is 2.28. The first-order valence-electron chi connectivity index (χ1n) is 6.36. The second-order valence-corrected chi connectivity index (χ2v) is 8.48. The molecule has 2 nitrogen and oxygen atoms in total. The van der Waals surface area contributed by atoms with Gasteiger partial charge in [-0.2, -0.15) is 4.37 Å². The molecule has 1 heterocycles. The van der Waals surface area contributed by atoms with Crippen molar-refractivity contribution in [2.45, 2.75) is 46.5 Å². The zero-order valence-electron chi connectivity index (χ0n) is 12.0. The van der Waals surface area contributed by atoms with Crippen LogP contribution in [0.25, 0.3) is 0 Å². The summed E-state index contributed by atoms with van der Waals surface area (Å²) < 4.78 is 5.40. The standard InChI is InChI=1S/C15H19IN2S/c1-9-6-11(15(3,4)5)7-10(2)12(9)8-13-17-14(16)19-18-13/h6-7H,8H2,1-5H3. The molecule has 4 heteroatoms. The molecule has 0 saturated carbocycles. The van der Waals surface area contributed by atoms with Gasteiger partial charge in [0.1, 0.15) is 5.82 Å². The summed E-state index contributed by atoms with van der Waals surface area (Å²) in [5.41, 5.74) is 5.64. The summed E-state index contributed by atoms with van der Waals surface area (Å²) >= 11 is 3.69. The molecule has 0 aliphatic carbocycles. The van der Waals surface area contributed by atoms with Crippen molar-refractivity contribution >= 4 is 34.1 Å². The Hall–Kier alpha value is -0.490. The third kappa shape index (κ3) is 3.54. The first-order chi connectivity index (χ1) is 8.77. The summed E-state index contributed by atoms with van der Waals surface area (Å²) in [5.74, 6) is 0.934. The number of hydrogen-bond donors (Lipinski definition) is 0. The number of hydrogen-bond acceptors (Lipinski definition) is 3. The van der Waals surface area contributed by atoms with Gasteiger partial charge in [-0.3, -0.25) is 0 Å². The van der Waals surface area contributed by atoms with Gasteiger partial charge in [0, 0.05) is 6.42 Å². The first kappa shape index (κ1) is 14.9. The number of aryl methyl sites for hydroxylation is 2. The maximum Gasteiger partial charge on any atom is 0.173 e. The lowest BCUT2D eigenvalue weighted by Gasteiger charge is -2.22. The molecule has 0 bridgehead atoms. The molecule has 0 aliphatic heterocycles. The van der Waals surface area contributed by atoms with E-state index >= 15 is 0 Å².